The van der Waals surface area contributed by atoms with Gasteiger partial charge in [-0.3, -0.25) is 5.32 Å². The zero-order chi connectivity index (χ0) is 14.5. The van der Waals surface area contributed by atoms with E-state index in [2.05, 4.69) is 12.2 Å². The summed E-state index contributed by atoms with van der Waals surface area (Å²) in [5.74, 6) is 1.09. The number of nitrogens with one attached hydrogen (secondary N) is 1. The van der Waals surface area contributed by atoms with Crippen molar-refractivity contribution in [2.75, 3.05) is 20.3 Å². The molecule has 1 aliphatic rings. The van der Waals surface area contributed by atoms with Crippen LogP contribution in [0.1, 0.15) is 31.9 Å². The lowest BCUT2D eigenvalue weighted by molar-refractivity contribution is -0.143. The average molecular weight is 279 g/mol. The minimum atomic E-state index is -0.495. The van der Waals surface area contributed by atoms with E-state index in [1.807, 2.05) is 25.1 Å². The summed E-state index contributed by atoms with van der Waals surface area (Å²) in [4.78, 5) is 12.0. The molecule has 2 unspecified atom stereocenters. The molecule has 1 aromatic rings. The summed E-state index contributed by atoms with van der Waals surface area (Å²) in [6, 6.07) is 5.26. The van der Waals surface area contributed by atoms with Gasteiger partial charge in [0.2, 0.25) is 0 Å². The fourth-order valence-corrected chi connectivity index (χ4v) is 2.06. The monoisotopic (exact) mass is 279 g/mol. The molecule has 2 rings (SSSR count). The van der Waals surface area contributed by atoms with Crippen LogP contribution < -0.4 is 14.8 Å². The van der Waals surface area contributed by atoms with Crippen LogP contribution in [0.15, 0.2) is 18.2 Å². The lowest BCUT2D eigenvalue weighted by Crippen LogP contribution is -2.35. The second-order valence-corrected chi connectivity index (χ2v) is 4.84. The van der Waals surface area contributed by atoms with E-state index in [1.165, 1.54) is 7.11 Å². The quantitative estimate of drug-likeness (QED) is 0.836. The van der Waals surface area contributed by atoms with Gasteiger partial charge in [0.05, 0.1) is 7.11 Å². The highest BCUT2D eigenvalue weighted by Crippen LogP contribution is 2.33. The molecule has 2 atom stereocenters. The smallest absolute Gasteiger partial charge is 0.327 e. The summed E-state index contributed by atoms with van der Waals surface area (Å²) in [7, 11) is 1.39. The predicted molar refractivity (Wildman–Crippen MR) is 75.1 cm³/mol. The van der Waals surface area contributed by atoms with Gasteiger partial charge in [-0.2, -0.15) is 0 Å². The molecule has 5 heteroatoms. The van der Waals surface area contributed by atoms with Gasteiger partial charge in [-0.15, -0.1) is 0 Å². The maximum atomic E-state index is 12.0. The lowest BCUT2D eigenvalue weighted by Gasteiger charge is -2.23. The van der Waals surface area contributed by atoms with Crippen molar-refractivity contribution in [3.05, 3.63) is 23.8 Å². The summed E-state index contributed by atoms with van der Waals surface area (Å²) in [6.07, 6.45) is 0.929. The summed E-state index contributed by atoms with van der Waals surface area (Å²) < 4.78 is 15.9. The Balaban J connectivity index is 2.25. The molecular weight excluding hydrogens is 258 g/mol. The zero-order valence-corrected chi connectivity index (χ0v) is 12.1. The molecule has 1 aromatic carbocycles. The maximum Gasteiger partial charge on any atom is 0.327 e. The molecule has 20 heavy (non-hydrogen) atoms. The first kappa shape index (κ1) is 14.7. The molecule has 5 nitrogen and oxygen atoms in total. The van der Waals surface area contributed by atoms with Crippen molar-refractivity contribution < 1.29 is 19.0 Å². The number of rotatable bonds is 5. The number of fused-ring (bicyclic) bond motifs is 1. The second kappa shape index (κ2) is 6.61. The van der Waals surface area contributed by atoms with E-state index in [9.17, 15) is 4.79 Å². The number of benzene rings is 1. The molecule has 0 fully saturated rings. The predicted octanol–water partition coefficient (Wildman–Crippen LogP) is 2.06. The molecule has 0 bridgehead atoms. The summed E-state index contributed by atoms with van der Waals surface area (Å²) in [6.45, 7) is 5.18. The Labute approximate surface area is 119 Å². The molecule has 0 aromatic heterocycles. The summed E-state index contributed by atoms with van der Waals surface area (Å²) >= 11 is 0. The van der Waals surface area contributed by atoms with Crippen molar-refractivity contribution in [2.24, 2.45) is 0 Å². The Morgan fingerprint density at radius 2 is 2.05 bits per heavy atom. The Morgan fingerprint density at radius 3 is 2.70 bits per heavy atom. The van der Waals surface area contributed by atoms with Gasteiger partial charge < -0.3 is 14.2 Å². The van der Waals surface area contributed by atoms with E-state index >= 15 is 0 Å². The Bertz CT molecular complexity index is 475. The normalized spacial score (nSPS) is 16.4. The van der Waals surface area contributed by atoms with Gasteiger partial charge in [-0.05, 0) is 31.0 Å². The molecule has 0 saturated heterocycles. The first-order chi connectivity index (χ1) is 9.65. The number of methoxy groups -OCH3 is 1. The molecule has 1 N–H and O–H groups in total. The molecule has 0 amide bonds. The van der Waals surface area contributed by atoms with E-state index in [0.29, 0.717) is 24.7 Å². The van der Waals surface area contributed by atoms with Crippen LogP contribution in [0.3, 0.4) is 0 Å². The topological polar surface area (TPSA) is 56.8 Å². The van der Waals surface area contributed by atoms with E-state index in [-0.39, 0.29) is 12.0 Å². The van der Waals surface area contributed by atoms with Crippen LogP contribution >= 0.6 is 0 Å². The molecule has 0 aliphatic carbocycles. The molecule has 0 saturated carbocycles. The highest BCUT2D eigenvalue weighted by molar-refractivity contribution is 5.78. The van der Waals surface area contributed by atoms with Crippen LogP contribution in [-0.2, 0) is 9.53 Å². The third kappa shape index (κ3) is 3.22. The van der Waals surface area contributed by atoms with Gasteiger partial charge in [-0.25, -0.2) is 4.79 Å². The standard InChI is InChI=1S/C15H21NO4/c1-4-10(2)16-14(15(17)18-3)11-5-6-12-13(9-11)20-8-7-19-12/h5-6,9-10,14,16H,4,7-8H2,1-3H3. The van der Waals surface area contributed by atoms with Crippen LogP contribution in [0.2, 0.25) is 0 Å². The van der Waals surface area contributed by atoms with Crippen LogP contribution in [0.4, 0.5) is 0 Å². The fraction of sp³-hybridized carbons (Fsp3) is 0.533. The number of carbonyl (C=O) groups excluding carboxylic acids is 1. The minimum absolute atomic E-state index is 0.215. The van der Waals surface area contributed by atoms with Crippen molar-refractivity contribution in [1.82, 2.24) is 5.32 Å². The van der Waals surface area contributed by atoms with E-state index < -0.39 is 6.04 Å². The summed E-state index contributed by atoms with van der Waals surface area (Å²) in [5, 5.41) is 3.27. The van der Waals surface area contributed by atoms with Crippen molar-refractivity contribution in [2.45, 2.75) is 32.4 Å². The van der Waals surface area contributed by atoms with Crippen molar-refractivity contribution in [1.29, 1.82) is 0 Å². The number of hydrogen-bond donors (Lipinski definition) is 1. The average Bonchev–Trinajstić information content (AvgIpc) is 2.51. The largest absolute Gasteiger partial charge is 0.486 e. The van der Waals surface area contributed by atoms with E-state index in [4.69, 9.17) is 14.2 Å². The first-order valence-electron chi connectivity index (χ1n) is 6.89. The molecule has 110 valence electrons. The number of esters is 1. The number of hydrogen-bond acceptors (Lipinski definition) is 5. The third-order valence-corrected chi connectivity index (χ3v) is 3.40. The highest BCUT2D eigenvalue weighted by atomic mass is 16.6. The van der Waals surface area contributed by atoms with Gasteiger partial charge in [0.15, 0.2) is 11.5 Å². The van der Waals surface area contributed by atoms with Crippen LogP contribution in [0, 0.1) is 0 Å². The fourth-order valence-electron chi connectivity index (χ4n) is 2.06. The van der Waals surface area contributed by atoms with Crippen molar-refractivity contribution in [3.8, 4) is 11.5 Å². The number of carbonyl (C=O) groups is 1. The Kier molecular flexibility index (Phi) is 4.84. The van der Waals surface area contributed by atoms with Gasteiger partial charge in [0.25, 0.3) is 0 Å². The van der Waals surface area contributed by atoms with Gasteiger partial charge >= 0.3 is 5.97 Å². The molecular formula is C15H21NO4. The van der Waals surface area contributed by atoms with E-state index in [1.54, 1.807) is 0 Å². The van der Waals surface area contributed by atoms with Crippen LogP contribution in [0.5, 0.6) is 11.5 Å². The zero-order valence-electron chi connectivity index (χ0n) is 12.1. The molecule has 1 aliphatic heterocycles. The Morgan fingerprint density at radius 1 is 1.35 bits per heavy atom. The minimum Gasteiger partial charge on any atom is -0.486 e. The van der Waals surface area contributed by atoms with Gasteiger partial charge in [0.1, 0.15) is 19.3 Å². The lowest BCUT2D eigenvalue weighted by atomic mass is 10.0. The maximum absolute atomic E-state index is 12.0. The van der Waals surface area contributed by atoms with Crippen LogP contribution in [-0.4, -0.2) is 32.3 Å². The van der Waals surface area contributed by atoms with Gasteiger partial charge in [-0.1, -0.05) is 13.0 Å². The molecule has 1 heterocycles. The Hall–Kier alpha value is -1.75. The second-order valence-electron chi connectivity index (χ2n) is 4.84. The number of ether oxygens (including phenoxy) is 3. The van der Waals surface area contributed by atoms with Crippen molar-refractivity contribution >= 4 is 5.97 Å². The van der Waals surface area contributed by atoms with Crippen LogP contribution in [0.25, 0.3) is 0 Å². The highest BCUT2D eigenvalue weighted by Gasteiger charge is 2.24. The van der Waals surface area contributed by atoms with Gasteiger partial charge in [0, 0.05) is 6.04 Å². The molecule has 0 spiro atoms. The SMILES string of the molecule is CCC(C)NC(C(=O)OC)c1ccc2c(c1)OCCO2. The summed E-state index contributed by atoms with van der Waals surface area (Å²) in [5.41, 5.74) is 0.821. The van der Waals surface area contributed by atoms with E-state index in [0.717, 1.165) is 12.0 Å². The third-order valence-electron chi connectivity index (χ3n) is 3.40. The molecule has 0 radical (unpaired) electrons. The van der Waals surface area contributed by atoms with Crippen molar-refractivity contribution in [3.63, 3.8) is 0 Å². The first-order valence-corrected chi connectivity index (χ1v) is 6.89.